The van der Waals surface area contributed by atoms with E-state index in [1.54, 1.807) is 12.3 Å². The maximum absolute atomic E-state index is 10.3. The Morgan fingerprint density at radius 3 is 2.10 bits per heavy atom. The lowest BCUT2D eigenvalue weighted by Crippen LogP contribution is -2.35. The minimum Gasteiger partial charge on any atom is -0.508 e. The van der Waals surface area contributed by atoms with Gasteiger partial charge >= 0.3 is 0 Å². The van der Waals surface area contributed by atoms with Gasteiger partial charge in [-0.2, -0.15) is 5.10 Å². The molecule has 0 radical (unpaired) electrons. The SMILES string of the molecule is C=C.C=C(/C=C(/NCC1CCN(C)CC1)n1ncc(Br)c1C)/C(CC)=C(O)/C=C\C.C=O.CC.Cc1ccc(Br)cc1. The minimum absolute atomic E-state index is 0.263. The number of carbonyl (C=O) groups is 1. The Morgan fingerprint density at radius 2 is 1.67 bits per heavy atom. The monoisotopic (exact) mass is 706 g/mol. The molecule has 234 valence electrons. The van der Waals surface area contributed by atoms with Gasteiger partial charge in [0.2, 0.25) is 0 Å². The minimum atomic E-state index is 0.263. The third kappa shape index (κ3) is 15.5. The van der Waals surface area contributed by atoms with E-state index in [2.05, 4.69) is 93.0 Å². The third-order valence-electron chi connectivity index (χ3n) is 6.28. The number of benzene rings is 1. The van der Waals surface area contributed by atoms with Crippen LogP contribution in [0.15, 0.2) is 94.3 Å². The number of likely N-dealkylation sites (tertiary alicyclic amines) is 1. The van der Waals surface area contributed by atoms with Crippen LogP contribution in [0.3, 0.4) is 0 Å². The van der Waals surface area contributed by atoms with Crippen LogP contribution in [0.2, 0.25) is 0 Å². The summed E-state index contributed by atoms with van der Waals surface area (Å²) in [6.07, 6.45) is 10.4. The number of hydrogen-bond donors (Lipinski definition) is 2. The van der Waals surface area contributed by atoms with Crippen molar-refractivity contribution in [1.82, 2.24) is 20.0 Å². The van der Waals surface area contributed by atoms with Crippen molar-refractivity contribution in [2.75, 3.05) is 26.7 Å². The fourth-order valence-corrected chi connectivity index (χ4v) is 4.48. The summed E-state index contributed by atoms with van der Waals surface area (Å²) >= 11 is 6.89. The molecule has 1 saturated heterocycles. The predicted molar refractivity (Wildman–Crippen MR) is 190 cm³/mol. The molecule has 0 aliphatic carbocycles. The van der Waals surface area contributed by atoms with Gasteiger partial charge < -0.3 is 20.1 Å². The number of rotatable bonds is 8. The van der Waals surface area contributed by atoms with E-state index in [4.69, 9.17) is 4.79 Å². The first-order valence-electron chi connectivity index (χ1n) is 14.3. The number of halogens is 2. The number of nitrogens with zero attached hydrogens (tertiary/aromatic N) is 3. The van der Waals surface area contributed by atoms with Crippen molar-refractivity contribution in [3.05, 3.63) is 106 Å². The Bertz CT molecular complexity index is 1090. The number of aryl methyl sites for hydroxylation is 1. The van der Waals surface area contributed by atoms with Crippen LogP contribution in [0.1, 0.15) is 58.2 Å². The van der Waals surface area contributed by atoms with Crippen molar-refractivity contribution < 1.29 is 9.90 Å². The van der Waals surface area contributed by atoms with Crippen molar-refractivity contribution in [3.8, 4) is 0 Å². The number of aromatic nitrogens is 2. The number of aliphatic hydroxyl groups is 1. The predicted octanol–water partition coefficient (Wildman–Crippen LogP) is 9.44. The van der Waals surface area contributed by atoms with E-state index < -0.39 is 0 Å². The summed E-state index contributed by atoms with van der Waals surface area (Å²) in [6, 6.07) is 8.22. The van der Waals surface area contributed by atoms with Gasteiger partial charge in [0, 0.05) is 16.6 Å². The van der Waals surface area contributed by atoms with Crippen LogP contribution in [-0.4, -0.2) is 53.3 Å². The number of nitrogens with one attached hydrogen (secondary N) is 1. The molecule has 0 amide bonds. The van der Waals surface area contributed by atoms with E-state index in [0.717, 1.165) is 51.2 Å². The largest absolute Gasteiger partial charge is 0.508 e. The maximum Gasteiger partial charge on any atom is 0.128 e. The smallest absolute Gasteiger partial charge is 0.128 e. The summed E-state index contributed by atoms with van der Waals surface area (Å²) in [7, 11) is 2.18. The average molecular weight is 709 g/mol. The summed E-state index contributed by atoms with van der Waals surface area (Å²) in [4.78, 5) is 10.4. The van der Waals surface area contributed by atoms with Gasteiger partial charge in [-0.1, -0.05) is 67.1 Å². The molecule has 1 aliphatic heterocycles. The van der Waals surface area contributed by atoms with Crippen LogP contribution in [-0.2, 0) is 4.79 Å². The molecule has 1 aromatic heterocycles. The standard InChI is InChI=1S/C22H33BrN4O.C7H7Br.C2H6.C2H4.CH2O/c1-6-8-21(28)19(7-2)16(3)13-22(27-17(4)20(23)15-25-27)24-14-18-9-11-26(5)12-10-18;1-6-2-4-7(8)5-3-6;3*1-2/h6,8,13,15,18,24,28H,3,7,9-12,14H2,1-2,4-5H3;2-5H,1H3;1-2H3;1-2H2;1H2/b8-6-,21-19-,22-13-;;;;. The van der Waals surface area contributed by atoms with Gasteiger partial charge in [0.15, 0.2) is 0 Å². The molecule has 0 atom stereocenters. The number of carbonyl (C=O) groups excluding carboxylic acids is 1. The number of allylic oxidation sites excluding steroid dienone is 5. The first-order valence-corrected chi connectivity index (χ1v) is 15.8. The molecule has 2 aromatic rings. The van der Waals surface area contributed by atoms with E-state index in [9.17, 15) is 5.11 Å². The molecule has 2 heterocycles. The fraction of sp³-hybridized carbons (Fsp3) is 0.412. The van der Waals surface area contributed by atoms with Crippen molar-refractivity contribution in [1.29, 1.82) is 0 Å². The third-order valence-corrected chi connectivity index (χ3v) is 7.59. The molecule has 2 N–H and O–H groups in total. The molecule has 3 rings (SSSR count). The number of aliphatic hydroxyl groups excluding tert-OH is 1. The van der Waals surface area contributed by atoms with Crippen molar-refractivity contribution in [2.24, 2.45) is 5.92 Å². The lowest BCUT2D eigenvalue weighted by molar-refractivity contribution is -0.0980. The molecule has 0 unspecified atom stereocenters. The van der Waals surface area contributed by atoms with Crippen molar-refractivity contribution in [3.63, 3.8) is 0 Å². The Kier molecular flexibility index (Phi) is 24.6. The first-order chi connectivity index (χ1) is 20.2. The summed E-state index contributed by atoms with van der Waals surface area (Å²) in [6.45, 7) is 27.4. The van der Waals surface area contributed by atoms with E-state index >= 15 is 0 Å². The van der Waals surface area contributed by atoms with E-state index in [0.29, 0.717) is 12.3 Å². The van der Waals surface area contributed by atoms with Crippen molar-refractivity contribution in [2.45, 2.75) is 60.8 Å². The van der Waals surface area contributed by atoms with Gasteiger partial charge in [0.25, 0.3) is 0 Å². The molecule has 1 fully saturated rings. The second kappa shape index (κ2) is 24.9. The molecule has 6 nitrogen and oxygen atoms in total. The Morgan fingerprint density at radius 1 is 1.12 bits per heavy atom. The van der Waals surface area contributed by atoms with Gasteiger partial charge in [-0.15, -0.1) is 13.2 Å². The van der Waals surface area contributed by atoms with E-state index in [1.807, 2.05) is 70.4 Å². The van der Waals surface area contributed by atoms with Gasteiger partial charge in [-0.3, -0.25) is 0 Å². The second-order valence-electron chi connectivity index (χ2n) is 9.19. The maximum atomic E-state index is 10.3. The van der Waals surface area contributed by atoms with Crippen molar-refractivity contribution >= 4 is 44.5 Å². The van der Waals surface area contributed by atoms with Gasteiger partial charge in [-0.25, -0.2) is 4.68 Å². The highest BCUT2D eigenvalue weighted by molar-refractivity contribution is 9.10. The normalized spacial score (nSPS) is 14.0. The first kappa shape index (κ1) is 41.5. The van der Waals surface area contributed by atoms with Gasteiger partial charge in [0.05, 0.1) is 16.4 Å². The van der Waals surface area contributed by atoms with Crippen LogP contribution in [0.25, 0.3) is 5.82 Å². The quantitative estimate of drug-likeness (QED) is 0.163. The zero-order chi connectivity index (χ0) is 32.7. The highest BCUT2D eigenvalue weighted by atomic mass is 79.9. The van der Waals surface area contributed by atoms with Crippen LogP contribution in [0.5, 0.6) is 0 Å². The van der Waals surface area contributed by atoms with Gasteiger partial charge in [-0.05, 0) is 112 Å². The van der Waals surface area contributed by atoms with Crippen LogP contribution in [0, 0.1) is 19.8 Å². The molecule has 1 aromatic carbocycles. The Balaban J connectivity index is 0. The molecule has 0 spiro atoms. The summed E-state index contributed by atoms with van der Waals surface area (Å²) in [5.41, 5.74) is 3.94. The van der Waals surface area contributed by atoms with E-state index in [1.165, 1.54) is 18.4 Å². The second-order valence-corrected chi connectivity index (χ2v) is 11.0. The number of piperidine rings is 1. The highest BCUT2D eigenvalue weighted by Gasteiger charge is 2.18. The summed E-state index contributed by atoms with van der Waals surface area (Å²) < 4.78 is 4.00. The lowest BCUT2D eigenvalue weighted by Gasteiger charge is -2.29. The molecule has 0 saturated carbocycles. The molecule has 8 heteroatoms. The van der Waals surface area contributed by atoms with E-state index in [-0.39, 0.29) is 5.76 Å². The molecular weight excluding hydrogens is 656 g/mol. The molecular formula is C34H52Br2N4O2. The Hall–Kier alpha value is -2.68. The highest BCUT2D eigenvalue weighted by Crippen LogP contribution is 2.23. The van der Waals surface area contributed by atoms with Crippen LogP contribution < -0.4 is 5.32 Å². The Labute approximate surface area is 272 Å². The van der Waals surface area contributed by atoms with Crippen LogP contribution in [0.4, 0.5) is 0 Å². The molecule has 1 aliphatic rings. The van der Waals surface area contributed by atoms with Gasteiger partial charge in [0.1, 0.15) is 18.4 Å². The fourth-order valence-electron chi connectivity index (χ4n) is 3.95. The zero-order valence-corrected chi connectivity index (χ0v) is 29.9. The topological polar surface area (TPSA) is 70.4 Å². The number of hydrogen-bond acceptors (Lipinski definition) is 5. The molecule has 42 heavy (non-hydrogen) atoms. The molecule has 0 bridgehead atoms. The summed E-state index contributed by atoms with van der Waals surface area (Å²) in [5.74, 6) is 1.79. The summed E-state index contributed by atoms with van der Waals surface area (Å²) in [5, 5.41) is 18.4. The average Bonchev–Trinajstić information content (AvgIpc) is 3.35. The van der Waals surface area contributed by atoms with Crippen LogP contribution >= 0.6 is 31.9 Å². The zero-order valence-electron chi connectivity index (χ0n) is 26.7. The lowest BCUT2D eigenvalue weighted by atomic mass is 9.97.